The number of hydrogen-bond acceptors (Lipinski definition) is 4. The van der Waals surface area contributed by atoms with E-state index in [-0.39, 0.29) is 0 Å². The zero-order chi connectivity index (χ0) is 28.8. The number of hydrogen-bond donors (Lipinski definition) is 2. The Hall–Kier alpha value is -3.16. The fraction of sp³-hybridized carbons (Fsp3) is 0.400. The Morgan fingerprint density at radius 3 is 2.00 bits per heavy atom. The molecule has 1 saturated heterocycles. The highest BCUT2D eigenvalue weighted by Gasteiger charge is 2.20. The fourth-order valence-corrected chi connectivity index (χ4v) is 3.38. The van der Waals surface area contributed by atoms with Crippen molar-refractivity contribution in [2.24, 2.45) is 0 Å². The standard InChI is InChI=1S/C13H13F2NO.C12H18N2.2C2H6.CH2O/c1-4-11(8(2)3)16-13(17)12-9(14)6-5-7-10(12)15;1-13-12-7-8-14(10-12)9-11-5-3-2-4-6-11;3*1-2/h4-7H,2H2,1,3H3,(H,16,17);2-6,12-13H,7-10H2,1H3;2*1-2H3;1H2/b11-4+;;;;. The van der Waals surface area contributed by atoms with Crippen LogP contribution >= 0.6 is 0 Å². The van der Waals surface area contributed by atoms with Gasteiger partial charge in [-0.3, -0.25) is 9.69 Å². The van der Waals surface area contributed by atoms with Gasteiger partial charge in [-0.25, -0.2) is 8.78 Å². The third-order valence-corrected chi connectivity index (χ3v) is 5.12. The first-order valence-electron chi connectivity index (χ1n) is 12.7. The molecule has 1 aliphatic rings. The minimum absolute atomic E-state index is 0.442. The average molecular weight is 518 g/mol. The van der Waals surface area contributed by atoms with Crippen molar-refractivity contribution in [1.29, 1.82) is 0 Å². The number of carbonyl (C=O) groups excluding carboxylic acids is 2. The number of allylic oxidation sites excluding steroid dienone is 2. The molecule has 7 heteroatoms. The maximum Gasteiger partial charge on any atom is 0.261 e. The Labute approximate surface area is 222 Å². The van der Waals surface area contributed by atoms with Crippen LogP contribution in [0.1, 0.15) is 63.9 Å². The highest BCUT2D eigenvalue weighted by molar-refractivity contribution is 5.96. The Kier molecular flexibility index (Phi) is 21.5. The van der Waals surface area contributed by atoms with Gasteiger partial charge in [-0.15, -0.1) is 0 Å². The van der Waals surface area contributed by atoms with E-state index in [0.717, 1.165) is 18.7 Å². The number of rotatable bonds is 6. The van der Waals surface area contributed by atoms with Crippen molar-refractivity contribution < 1.29 is 18.4 Å². The monoisotopic (exact) mass is 517 g/mol. The van der Waals surface area contributed by atoms with Crippen LogP contribution in [0, 0.1) is 11.6 Å². The molecule has 0 saturated carbocycles. The lowest BCUT2D eigenvalue weighted by molar-refractivity contribution is -0.0980. The van der Waals surface area contributed by atoms with Gasteiger partial charge in [0.15, 0.2) is 0 Å². The molecule has 2 aromatic carbocycles. The molecule has 37 heavy (non-hydrogen) atoms. The number of likely N-dealkylation sites (N-methyl/N-ethyl adjacent to an activating group) is 1. The third kappa shape index (κ3) is 13.6. The summed E-state index contributed by atoms with van der Waals surface area (Å²) < 4.78 is 26.6. The predicted octanol–water partition coefficient (Wildman–Crippen LogP) is 6.52. The zero-order valence-electron chi connectivity index (χ0n) is 23.5. The SMILES string of the molecule is C=C(C)/C(=C\C)NC(=O)c1c(F)cccc1F.C=O.CC.CC.CNC1CCN(Cc2ccccc2)C1. The zero-order valence-corrected chi connectivity index (χ0v) is 23.5. The van der Waals surface area contributed by atoms with Crippen LogP contribution in [0.4, 0.5) is 8.78 Å². The Bertz CT molecular complexity index is 913. The van der Waals surface area contributed by atoms with Crippen LogP contribution in [0.5, 0.6) is 0 Å². The van der Waals surface area contributed by atoms with Crippen molar-refractivity contribution >= 4 is 12.7 Å². The lowest BCUT2D eigenvalue weighted by atomic mass is 10.1. The maximum absolute atomic E-state index is 13.3. The molecule has 1 aliphatic heterocycles. The van der Waals surface area contributed by atoms with Crippen LogP contribution in [0.2, 0.25) is 0 Å². The van der Waals surface area contributed by atoms with E-state index in [2.05, 4.69) is 59.5 Å². The second-order valence-corrected chi connectivity index (χ2v) is 7.53. The molecule has 0 bridgehead atoms. The molecule has 0 aromatic heterocycles. The Morgan fingerprint density at radius 2 is 1.57 bits per heavy atom. The fourth-order valence-electron chi connectivity index (χ4n) is 3.38. The van der Waals surface area contributed by atoms with Crippen molar-refractivity contribution in [3.8, 4) is 0 Å². The molecule has 206 valence electrons. The number of benzene rings is 2. The largest absolute Gasteiger partial charge is 0.322 e. The molecule has 1 amide bonds. The second-order valence-electron chi connectivity index (χ2n) is 7.53. The summed E-state index contributed by atoms with van der Waals surface area (Å²) in [5.41, 5.74) is 1.88. The summed E-state index contributed by atoms with van der Waals surface area (Å²) in [6, 6.07) is 14.7. The van der Waals surface area contributed by atoms with Crippen LogP contribution in [-0.4, -0.2) is 43.8 Å². The average Bonchev–Trinajstić information content (AvgIpc) is 3.39. The smallest absolute Gasteiger partial charge is 0.261 e. The van der Waals surface area contributed by atoms with E-state index in [1.54, 1.807) is 19.9 Å². The molecule has 0 radical (unpaired) electrons. The Balaban J connectivity index is 0. The highest BCUT2D eigenvalue weighted by atomic mass is 19.1. The van der Waals surface area contributed by atoms with E-state index in [9.17, 15) is 13.6 Å². The first kappa shape index (κ1) is 36.0. The van der Waals surface area contributed by atoms with E-state index >= 15 is 0 Å². The van der Waals surface area contributed by atoms with Gasteiger partial charge in [0.1, 0.15) is 24.0 Å². The first-order valence-corrected chi connectivity index (χ1v) is 12.7. The normalized spacial score (nSPS) is 14.2. The molecule has 5 nitrogen and oxygen atoms in total. The van der Waals surface area contributed by atoms with Gasteiger partial charge in [-0.1, -0.05) is 76.7 Å². The van der Waals surface area contributed by atoms with Gasteiger partial charge >= 0.3 is 0 Å². The van der Waals surface area contributed by atoms with Gasteiger partial charge in [0.25, 0.3) is 5.91 Å². The second kappa shape index (κ2) is 22.1. The van der Waals surface area contributed by atoms with Gasteiger partial charge < -0.3 is 15.4 Å². The number of nitrogens with one attached hydrogen (secondary N) is 2. The molecule has 1 fully saturated rings. The number of likely N-dealkylation sites (tertiary alicyclic amines) is 1. The lowest BCUT2D eigenvalue weighted by Gasteiger charge is -2.15. The number of nitrogens with zero attached hydrogens (tertiary/aromatic N) is 1. The van der Waals surface area contributed by atoms with Crippen molar-refractivity contribution in [2.45, 2.75) is 60.5 Å². The molecule has 2 N–H and O–H groups in total. The van der Waals surface area contributed by atoms with E-state index in [4.69, 9.17) is 4.79 Å². The molecule has 0 aliphatic carbocycles. The number of amides is 1. The molecular formula is C30H45F2N3O2. The van der Waals surface area contributed by atoms with Gasteiger partial charge in [0, 0.05) is 31.4 Å². The minimum Gasteiger partial charge on any atom is -0.322 e. The van der Waals surface area contributed by atoms with Crippen molar-refractivity contribution in [3.63, 3.8) is 0 Å². The maximum atomic E-state index is 13.3. The first-order chi connectivity index (χ1) is 17.8. The summed E-state index contributed by atoms with van der Waals surface area (Å²) in [6.45, 7) is 20.5. The molecule has 1 atom stereocenters. The summed E-state index contributed by atoms with van der Waals surface area (Å²) in [4.78, 5) is 22.2. The highest BCUT2D eigenvalue weighted by Crippen LogP contribution is 2.14. The number of halogens is 2. The summed E-state index contributed by atoms with van der Waals surface area (Å²) in [5, 5.41) is 5.74. The summed E-state index contributed by atoms with van der Waals surface area (Å²) in [5.74, 6) is -2.60. The van der Waals surface area contributed by atoms with Gasteiger partial charge in [0.05, 0.1) is 0 Å². The number of carbonyl (C=O) groups is 2. The quantitative estimate of drug-likeness (QED) is 0.428. The molecule has 3 rings (SSSR count). The van der Waals surface area contributed by atoms with Gasteiger partial charge in [-0.2, -0.15) is 0 Å². The van der Waals surface area contributed by atoms with Crippen molar-refractivity contribution in [3.05, 3.63) is 95.2 Å². The Morgan fingerprint density at radius 1 is 1.03 bits per heavy atom. The van der Waals surface area contributed by atoms with Crippen molar-refractivity contribution in [2.75, 3.05) is 20.1 Å². The third-order valence-electron chi connectivity index (χ3n) is 5.12. The topological polar surface area (TPSA) is 61.4 Å². The lowest BCUT2D eigenvalue weighted by Crippen LogP contribution is -2.29. The van der Waals surface area contributed by atoms with E-state index in [1.165, 1.54) is 31.1 Å². The summed E-state index contributed by atoms with van der Waals surface area (Å²) in [6.07, 6.45) is 2.89. The van der Waals surface area contributed by atoms with E-state index in [1.807, 2.05) is 34.5 Å². The van der Waals surface area contributed by atoms with E-state index in [0.29, 0.717) is 17.3 Å². The van der Waals surface area contributed by atoms with Crippen LogP contribution in [-0.2, 0) is 11.3 Å². The van der Waals surface area contributed by atoms with Crippen LogP contribution in [0.3, 0.4) is 0 Å². The van der Waals surface area contributed by atoms with E-state index < -0.39 is 23.1 Å². The molecule has 0 spiro atoms. The van der Waals surface area contributed by atoms with Gasteiger partial charge in [-0.05, 0) is 50.6 Å². The molecule has 2 aromatic rings. The minimum atomic E-state index is -0.889. The summed E-state index contributed by atoms with van der Waals surface area (Å²) >= 11 is 0. The predicted molar refractivity (Wildman–Crippen MR) is 151 cm³/mol. The van der Waals surface area contributed by atoms with Crippen LogP contribution in [0.25, 0.3) is 0 Å². The van der Waals surface area contributed by atoms with Crippen molar-refractivity contribution in [1.82, 2.24) is 15.5 Å². The van der Waals surface area contributed by atoms with Crippen LogP contribution in [0.15, 0.2) is 72.5 Å². The summed E-state index contributed by atoms with van der Waals surface area (Å²) in [7, 11) is 2.05. The molecule has 1 heterocycles. The van der Waals surface area contributed by atoms with Gasteiger partial charge in [0.2, 0.25) is 0 Å². The molecule has 1 unspecified atom stereocenters. The molecular weight excluding hydrogens is 472 g/mol. The van der Waals surface area contributed by atoms with Crippen LogP contribution < -0.4 is 10.6 Å².